The van der Waals surface area contributed by atoms with Crippen molar-refractivity contribution in [1.82, 2.24) is 0 Å². The summed E-state index contributed by atoms with van der Waals surface area (Å²) in [4.78, 5) is 0. The van der Waals surface area contributed by atoms with Gasteiger partial charge in [-0.3, -0.25) is 0 Å². The Morgan fingerprint density at radius 1 is 0.433 bits per heavy atom. The van der Waals surface area contributed by atoms with E-state index in [1.807, 2.05) is 0 Å². The summed E-state index contributed by atoms with van der Waals surface area (Å²) in [6.07, 6.45) is 24.4. The average molecular weight is 787 g/mol. The fourth-order valence-corrected chi connectivity index (χ4v) is 13.5. The molecule has 0 amide bonds. The van der Waals surface area contributed by atoms with Gasteiger partial charge in [0, 0.05) is 10.8 Å². The van der Waals surface area contributed by atoms with Gasteiger partial charge in [-0.15, -0.1) is 0 Å². The molecule has 4 atom stereocenters. The van der Waals surface area contributed by atoms with Crippen molar-refractivity contribution in [2.24, 2.45) is 17.3 Å². The Balaban J connectivity index is 1.14. The molecule has 2 fully saturated rings. The summed E-state index contributed by atoms with van der Waals surface area (Å²) in [6.45, 7) is 9.83. The molecular weight excluding hydrogens is 721 g/mol. The first-order chi connectivity index (χ1) is 29.4. The van der Waals surface area contributed by atoms with Gasteiger partial charge in [-0.2, -0.15) is 0 Å². The standard InChI is InChI=1S/C60H66/c1-5-7-9-11-13-15-20-42-32-49-38-51(34-42)47-30-28-44-29-31-48(37-53(44)36-47)52-35-43(21-16-14-12-10-8-6-2)33-50(39-52)46-23-18-25-55(41-46)60-57-27-19-26-56(57)59(60,58(60,3)4)54-24-17-22-45(49)40-54/h17-19,22-26,28-41,56-57H,5-16,20-21,27H2,1-4H3. The van der Waals surface area contributed by atoms with Gasteiger partial charge in [0.2, 0.25) is 0 Å². The second-order valence-corrected chi connectivity index (χ2v) is 19.8. The maximum atomic E-state index is 2.62. The van der Waals surface area contributed by atoms with Crippen LogP contribution in [0, 0.1) is 17.3 Å². The zero-order valence-corrected chi connectivity index (χ0v) is 37.0. The highest BCUT2D eigenvalue weighted by atomic mass is 15.0. The van der Waals surface area contributed by atoms with Gasteiger partial charge in [-0.05, 0) is 151 Å². The van der Waals surface area contributed by atoms with E-state index in [0.29, 0.717) is 11.8 Å². The normalized spacial score (nSPS) is 22.4. The number of fused-ring (bicyclic) bond motifs is 15. The van der Waals surface area contributed by atoms with Crippen molar-refractivity contribution < 1.29 is 0 Å². The molecule has 0 heterocycles. The highest BCUT2D eigenvalue weighted by Crippen LogP contribution is 2.94. The van der Waals surface area contributed by atoms with Crippen molar-refractivity contribution >= 4 is 10.8 Å². The molecule has 4 unspecified atom stereocenters. The van der Waals surface area contributed by atoms with Crippen molar-refractivity contribution in [3.05, 3.63) is 156 Å². The van der Waals surface area contributed by atoms with E-state index < -0.39 is 0 Å². The van der Waals surface area contributed by atoms with Gasteiger partial charge >= 0.3 is 0 Å². The lowest BCUT2D eigenvalue weighted by Crippen LogP contribution is -2.49. The zero-order valence-electron chi connectivity index (χ0n) is 37.0. The molecule has 306 valence electrons. The summed E-state index contributed by atoms with van der Waals surface area (Å²) in [5.74, 6) is 1.21. The number of hydrogen-bond donors (Lipinski definition) is 0. The third kappa shape index (κ3) is 6.29. The van der Waals surface area contributed by atoms with Crippen LogP contribution in [0.2, 0.25) is 0 Å². The maximum absolute atomic E-state index is 2.62. The minimum atomic E-state index is 0.0725. The van der Waals surface area contributed by atoms with E-state index in [4.69, 9.17) is 0 Å². The van der Waals surface area contributed by atoms with Crippen LogP contribution >= 0.6 is 0 Å². The molecule has 2 saturated carbocycles. The van der Waals surface area contributed by atoms with Crippen LogP contribution in [0.3, 0.4) is 0 Å². The third-order valence-corrected chi connectivity index (χ3v) is 16.2. The number of rotatable bonds is 14. The molecule has 60 heavy (non-hydrogen) atoms. The second-order valence-electron chi connectivity index (χ2n) is 19.8. The van der Waals surface area contributed by atoms with Gasteiger partial charge < -0.3 is 0 Å². The van der Waals surface area contributed by atoms with E-state index >= 15 is 0 Å². The SMILES string of the molecule is CCCCCCCCc1cc2cc(c1)-c1ccc3ccc(cc3c1)-c1cc(CCCCCCCC)cc(c1)-c1cccc(c1)C13C4CC=CC4C1(c1cccc-2c1)C3(C)C. The molecule has 0 spiro atoms. The van der Waals surface area contributed by atoms with Gasteiger partial charge in [0.15, 0.2) is 0 Å². The fourth-order valence-electron chi connectivity index (χ4n) is 13.5. The summed E-state index contributed by atoms with van der Waals surface area (Å²) in [5, 5.41) is 2.62. The topological polar surface area (TPSA) is 0 Å². The Bertz CT molecular complexity index is 2560. The summed E-state index contributed by atoms with van der Waals surface area (Å²) >= 11 is 0. The predicted molar refractivity (Wildman–Crippen MR) is 258 cm³/mol. The average Bonchev–Trinajstić information content (AvgIpc) is 3.44. The predicted octanol–water partition coefficient (Wildman–Crippen LogP) is 17.0. The van der Waals surface area contributed by atoms with E-state index in [1.54, 1.807) is 5.56 Å². The van der Waals surface area contributed by atoms with E-state index in [1.165, 1.54) is 155 Å². The molecule has 4 aliphatic carbocycles. The molecule has 6 aromatic rings. The molecule has 0 nitrogen and oxygen atoms in total. The van der Waals surface area contributed by atoms with E-state index in [2.05, 4.69) is 161 Å². The molecule has 0 radical (unpaired) electrons. The van der Waals surface area contributed by atoms with Crippen LogP contribution in [0.5, 0.6) is 0 Å². The molecular formula is C60H66. The minimum absolute atomic E-state index is 0.0725. The monoisotopic (exact) mass is 787 g/mol. The molecule has 0 aromatic heterocycles. The quantitative estimate of drug-likeness (QED) is 0.0762. The van der Waals surface area contributed by atoms with Gasteiger partial charge in [-0.1, -0.05) is 201 Å². The number of allylic oxidation sites excluding steroid dienone is 2. The van der Waals surface area contributed by atoms with Crippen LogP contribution in [-0.2, 0) is 23.7 Å². The molecule has 0 saturated heterocycles. The Morgan fingerprint density at radius 2 is 0.900 bits per heavy atom. The molecule has 0 heteroatoms. The highest BCUT2D eigenvalue weighted by molar-refractivity contribution is 5.92. The first-order valence-electron chi connectivity index (χ1n) is 24.1. The lowest BCUT2D eigenvalue weighted by molar-refractivity contribution is 0.145. The molecule has 11 bridgehead atoms. The second kappa shape index (κ2) is 16.0. The molecule has 4 aliphatic rings. The van der Waals surface area contributed by atoms with Crippen molar-refractivity contribution in [2.45, 2.75) is 135 Å². The van der Waals surface area contributed by atoms with Crippen molar-refractivity contribution in [3.8, 4) is 44.5 Å². The maximum Gasteiger partial charge on any atom is 0.0184 e. The molecule has 0 N–H and O–H groups in total. The Hall–Kier alpha value is -4.68. The first kappa shape index (κ1) is 39.5. The van der Waals surface area contributed by atoms with E-state index in [0.717, 1.165) is 12.8 Å². The van der Waals surface area contributed by atoms with Gasteiger partial charge in [0.1, 0.15) is 0 Å². The summed E-state index contributed by atoms with van der Waals surface area (Å²) < 4.78 is 0. The minimum Gasteiger partial charge on any atom is -0.0879 e. The summed E-state index contributed by atoms with van der Waals surface area (Å²) in [5.41, 5.74) is 17.1. The molecule has 6 aromatic carbocycles. The molecule has 0 aliphatic heterocycles. The van der Waals surface area contributed by atoms with E-state index in [-0.39, 0.29) is 16.2 Å². The Morgan fingerprint density at radius 3 is 1.42 bits per heavy atom. The van der Waals surface area contributed by atoms with Crippen LogP contribution in [-0.4, -0.2) is 0 Å². The number of hydrogen-bond acceptors (Lipinski definition) is 0. The Labute approximate surface area is 361 Å². The summed E-state index contributed by atoms with van der Waals surface area (Å²) in [7, 11) is 0. The highest BCUT2D eigenvalue weighted by Gasteiger charge is 2.95. The van der Waals surface area contributed by atoms with Crippen LogP contribution < -0.4 is 0 Å². The third-order valence-electron chi connectivity index (χ3n) is 16.2. The lowest BCUT2D eigenvalue weighted by atomic mass is 9.53. The van der Waals surface area contributed by atoms with Gasteiger partial charge in [0.25, 0.3) is 0 Å². The lowest BCUT2D eigenvalue weighted by Gasteiger charge is -2.49. The van der Waals surface area contributed by atoms with Crippen molar-refractivity contribution in [1.29, 1.82) is 0 Å². The number of aryl methyl sites for hydroxylation is 2. The van der Waals surface area contributed by atoms with Crippen molar-refractivity contribution in [3.63, 3.8) is 0 Å². The Kier molecular flexibility index (Phi) is 10.5. The number of unbranched alkanes of at least 4 members (excludes halogenated alkanes) is 10. The van der Waals surface area contributed by atoms with Crippen LogP contribution in [0.1, 0.15) is 133 Å². The van der Waals surface area contributed by atoms with E-state index in [9.17, 15) is 0 Å². The number of benzene rings is 6. The fraction of sp³-hybridized carbons (Fsp3) is 0.400. The van der Waals surface area contributed by atoms with Crippen LogP contribution in [0.4, 0.5) is 0 Å². The molecule has 10 rings (SSSR count). The zero-order chi connectivity index (χ0) is 40.9. The largest absolute Gasteiger partial charge is 0.0879 e. The first-order valence-corrected chi connectivity index (χ1v) is 24.1. The smallest absolute Gasteiger partial charge is 0.0184 e. The summed E-state index contributed by atoms with van der Waals surface area (Å²) in [6, 6.07) is 49.1. The van der Waals surface area contributed by atoms with Gasteiger partial charge in [-0.25, -0.2) is 0 Å². The van der Waals surface area contributed by atoms with Gasteiger partial charge in [0.05, 0.1) is 0 Å². The van der Waals surface area contributed by atoms with Crippen molar-refractivity contribution in [2.75, 3.05) is 0 Å². The van der Waals surface area contributed by atoms with Crippen LogP contribution in [0.25, 0.3) is 55.3 Å². The van der Waals surface area contributed by atoms with Crippen LogP contribution in [0.15, 0.2) is 133 Å².